The Kier molecular flexibility index (Phi) is 5.22. The smallest absolute Gasteiger partial charge is 0.190 e. The molecule has 0 bridgehead atoms. The van der Waals surface area contributed by atoms with Crippen molar-refractivity contribution in [3.8, 4) is 0 Å². The number of nitrogens with two attached hydrogens (primary N) is 1. The standard InChI is InChI=1S/C11H18N4O2/c1-3-15(7-8-17-2)9-5-4-6-13-10(9)11(12)14-16/h4-6,16H,3,7-8H2,1-2H3,(H2,12,14). The van der Waals surface area contributed by atoms with E-state index < -0.39 is 0 Å². The molecular formula is C11H18N4O2. The van der Waals surface area contributed by atoms with Crippen molar-refractivity contribution in [1.29, 1.82) is 0 Å². The lowest BCUT2D eigenvalue weighted by atomic mass is 10.2. The van der Waals surface area contributed by atoms with Crippen molar-refractivity contribution in [2.45, 2.75) is 6.92 Å². The number of amidine groups is 1. The van der Waals surface area contributed by atoms with E-state index in [0.29, 0.717) is 12.3 Å². The zero-order valence-corrected chi connectivity index (χ0v) is 10.1. The molecule has 17 heavy (non-hydrogen) atoms. The Morgan fingerprint density at radius 3 is 3.00 bits per heavy atom. The Bertz CT molecular complexity index is 381. The molecule has 0 aliphatic rings. The minimum absolute atomic E-state index is 0.0106. The van der Waals surface area contributed by atoms with Crippen molar-refractivity contribution in [2.24, 2.45) is 10.9 Å². The van der Waals surface area contributed by atoms with Gasteiger partial charge >= 0.3 is 0 Å². The molecule has 0 aliphatic heterocycles. The summed E-state index contributed by atoms with van der Waals surface area (Å²) in [6.07, 6.45) is 1.61. The van der Waals surface area contributed by atoms with Crippen LogP contribution in [-0.2, 0) is 4.74 Å². The lowest BCUT2D eigenvalue weighted by Crippen LogP contribution is -2.30. The second-order valence-corrected chi connectivity index (χ2v) is 3.43. The fourth-order valence-corrected chi connectivity index (χ4v) is 1.55. The van der Waals surface area contributed by atoms with Crippen molar-refractivity contribution in [1.82, 2.24) is 4.98 Å². The fraction of sp³-hybridized carbons (Fsp3) is 0.455. The van der Waals surface area contributed by atoms with Crippen LogP contribution in [0.2, 0.25) is 0 Å². The number of anilines is 1. The highest BCUT2D eigenvalue weighted by Crippen LogP contribution is 2.17. The maximum Gasteiger partial charge on any atom is 0.190 e. The fourth-order valence-electron chi connectivity index (χ4n) is 1.55. The van der Waals surface area contributed by atoms with Crippen LogP contribution in [0.1, 0.15) is 12.6 Å². The van der Waals surface area contributed by atoms with Gasteiger partial charge in [-0.25, -0.2) is 0 Å². The SMILES string of the molecule is CCN(CCOC)c1cccnc1/C(N)=N/O. The van der Waals surface area contributed by atoms with E-state index in [1.807, 2.05) is 19.1 Å². The molecule has 94 valence electrons. The van der Waals surface area contributed by atoms with E-state index in [1.165, 1.54) is 0 Å². The first-order valence-corrected chi connectivity index (χ1v) is 5.41. The molecule has 0 aromatic carbocycles. The van der Waals surface area contributed by atoms with Crippen LogP contribution >= 0.6 is 0 Å². The minimum Gasteiger partial charge on any atom is -0.409 e. The Morgan fingerprint density at radius 2 is 2.41 bits per heavy atom. The summed E-state index contributed by atoms with van der Waals surface area (Å²) in [6.45, 7) is 4.15. The van der Waals surface area contributed by atoms with Gasteiger partial charge in [0.15, 0.2) is 5.84 Å². The zero-order valence-electron chi connectivity index (χ0n) is 10.1. The van der Waals surface area contributed by atoms with Crippen LogP contribution in [0.3, 0.4) is 0 Å². The topological polar surface area (TPSA) is 84.0 Å². The van der Waals surface area contributed by atoms with Crippen molar-refractivity contribution in [3.05, 3.63) is 24.0 Å². The van der Waals surface area contributed by atoms with Crippen LogP contribution in [-0.4, -0.2) is 42.8 Å². The third kappa shape index (κ3) is 3.32. The average Bonchev–Trinajstić information content (AvgIpc) is 2.39. The van der Waals surface area contributed by atoms with E-state index >= 15 is 0 Å². The summed E-state index contributed by atoms with van der Waals surface area (Å²) in [5.74, 6) is 0.0106. The first-order valence-electron chi connectivity index (χ1n) is 5.41. The molecule has 0 radical (unpaired) electrons. The van der Waals surface area contributed by atoms with E-state index in [4.69, 9.17) is 15.7 Å². The summed E-state index contributed by atoms with van der Waals surface area (Å²) in [6, 6.07) is 3.71. The Hall–Kier alpha value is -1.82. The molecule has 0 fully saturated rings. The predicted octanol–water partition coefficient (Wildman–Crippen LogP) is 0.649. The molecule has 1 rings (SSSR count). The van der Waals surface area contributed by atoms with Gasteiger partial charge in [0.25, 0.3) is 0 Å². The van der Waals surface area contributed by atoms with Crippen molar-refractivity contribution >= 4 is 11.5 Å². The van der Waals surface area contributed by atoms with Crippen molar-refractivity contribution in [2.75, 3.05) is 31.7 Å². The van der Waals surface area contributed by atoms with Crippen LogP contribution in [0.5, 0.6) is 0 Å². The van der Waals surface area contributed by atoms with Crippen LogP contribution < -0.4 is 10.6 Å². The lowest BCUT2D eigenvalue weighted by molar-refractivity contribution is 0.205. The number of aromatic nitrogens is 1. The first kappa shape index (κ1) is 13.2. The summed E-state index contributed by atoms with van der Waals surface area (Å²) in [5, 5.41) is 11.7. The van der Waals surface area contributed by atoms with Gasteiger partial charge in [-0.1, -0.05) is 5.16 Å². The molecule has 0 spiro atoms. The average molecular weight is 238 g/mol. The summed E-state index contributed by atoms with van der Waals surface area (Å²) in [7, 11) is 1.65. The van der Waals surface area contributed by atoms with Crippen LogP contribution in [0.25, 0.3) is 0 Å². The minimum atomic E-state index is 0.0106. The molecule has 0 saturated carbocycles. The number of nitrogens with zero attached hydrogens (tertiary/aromatic N) is 3. The largest absolute Gasteiger partial charge is 0.409 e. The number of methoxy groups -OCH3 is 1. The summed E-state index contributed by atoms with van der Waals surface area (Å²) < 4.78 is 5.05. The van der Waals surface area contributed by atoms with Gasteiger partial charge in [0, 0.05) is 26.4 Å². The number of hydrogen-bond donors (Lipinski definition) is 2. The molecule has 6 nitrogen and oxygen atoms in total. The molecule has 0 amide bonds. The van der Waals surface area contributed by atoms with E-state index in [1.54, 1.807) is 13.3 Å². The van der Waals surface area contributed by atoms with Gasteiger partial charge in [-0.3, -0.25) is 4.98 Å². The number of pyridine rings is 1. The third-order valence-electron chi connectivity index (χ3n) is 2.42. The highest BCUT2D eigenvalue weighted by molar-refractivity contribution is 6.00. The van der Waals surface area contributed by atoms with Gasteiger partial charge in [0.1, 0.15) is 5.69 Å². The normalized spacial score (nSPS) is 11.5. The maximum atomic E-state index is 8.72. The Labute approximate surface area is 101 Å². The summed E-state index contributed by atoms with van der Waals surface area (Å²) in [4.78, 5) is 6.19. The van der Waals surface area contributed by atoms with Gasteiger partial charge in [0.05, 0.1) is 12.3 Å². The predicted molar refractivity (Wildman–Crippen MR) is 66.5 cm³/mol. The second-order valence-electron chi connectivity index (χ2n) is 3.43. The van der Waals surface area contributed by atoms with E-state index in [9.17, 15) is 0 Å². The zero-order chi connectivity index (χ0) is 12.7. The van der Waals surface area contributed by atoms with E-state index in [0.717, 1.165) is 18.8 Å². The Morgan fingerprint density at radius 1 is 1.65 bits per heavy atom. The monoisotopic (exact) mass is 238 g/mol. The number of ether oxygens (including phenoxy) is 1. The molecule has 0 saturated heterocycles. The van der Waals surface area contributed by atoms with Gasteiger partial charge in [-0.05, 0) is 19.1 Å². The number of oxime groups is 1. The summed E-state index contributed by atoms with van der Waals surface area (Å²) >= 11 is 0. The third-order valence-corrected chi connectivity index (χ3v) is 2.42. The van der Waals surface area contributed by atoms with Crippen molar-refractivity contribution in [3.63, 3.8) is 0 Å². The molecule has 0 aliphatic carbocycles. The van der Waals surface area contributed by atoms with Gasteiger partial charge in [0.2, 0.25) is 0 Å². The van der Waals surface area contributed by atoms with Crippen LogP contribution in [0.4, 0.5) is 5.69 Å². The highest BCUT2D eigenvalue weighted by Gasteiger charge is 2.13. The van der Waals surface area contributed by atoms with Crippen LogP contribution in [0, 0.1) is 0 Å². The number of hydrogen-bond acceptors (Lipinski definition) is 5. The molecule has 6 heteroatoms. The van der Waals surface area contributed by atoms with E-state index in [-0.39, 0.29) is 5.84 Å². The Balaban J connectivity index is 3.01. The van der Waals surface area contributed by atoms with Gasteiger partial charge in [-0.15, -0.1) is 0 Å². The molecule has 0 atom stereocenters. The molecule has 1 aromatic heterocycles. The highest BCUT2D eigenvalue weighted by atomic mass is 16.5. The molecular weight excluding hydrogens is 220 g/mol. The first-order chi connectivity index (χ1) is 8.24. The molecule has 1 heterocycles. The molecule has 1 aromatic rings. The van der Waals surface area contributed by atoms with Crippen LogP contribution in [0.15, 0.2) is 23.5 Å². The van der Waals surface area contributed by atoms with Gasteiger partial charge < -0.3 is 20.6 Å². The van der Waals surface area contributed by atoms with Gasteiger partial charge in [-0.2, -0.15) is 0 Å². The van der Waals surface area contributed by atoms with Crippen molar-refractivity contribution < 1.29 is 9.94 Å². The quantitative estimate of drug-likeness (QED) is 0.329. The number of likely N-dealkylation sites (N-methyl/N-ethyl adjacent to an activating group) is 1. The maximum absolute atomic E-state index is 8.72. The molecule has 0 unspecified atom stereocenters. The molecule has 3 N–H and O–H groups in total. The number of rotatable bonds is 6. The van der Waals surface area contributed by atoms with E-state index in [2.05, 4.69) is 15.0 Å². The second kappa shape index (κ2) is 6.70. The summed E-state index contributed by atoms with van der Waals surface area (Å²) in [5.41, 5.74) is 6.91. The lowest BCUT2D eigenvalue weighted by Gasteiger charge is -2.24.